The van der Waals surface area contributed by atoms with E-state index in [0.29, 0.717) is 30.3 Å². The zero-order valence-corrected chi connectivity index (χ0v) is 17.2. The molecule has 2 aromatic rings. The number of aryl methyl sites for hydroxylation is 1. The number of halogens is 1. The van der Waals surface area contributed by atoms with Crippen LogP contribution in [-0.2, 0) is 16.0 Å². The van der Waals surface area contributed by atoms with Gasteiger partial charge in [0.1, 0.15) is 24.1 Å². The van der Waals surface area contributed by atoms with Crippen molar-refractivity contribution in [3.63, 3.8) is 0 Å². The van der Waals surface area contributed by atoms with Crippen molar-refractivity contribution in [1.82, 2.24) is 20.5 Å². The van der Waals surface area contributed by atoms with E-state index in [1.807, 2.05) is 0 Å². The third kappa shape index (κ3) is 5.68. The summed E-state index contributed by atoms with van der Waals surface area (Å²) in [7, 11) is 0. The third-order valence-corrected chi connectivity index (χ3v) is 4.97. The van der Waals surface area contributed by atoms with E-state index >= 15 is 0 Å². The topological polar surface area (TPSA) is 122 Å². The highest BCUT2D eigenvalue weighted by Gasteiger charge is 2.30. The minimum Gasteiger partial charge on any atom is -0.446 e. The van der Waals surface area contributed by atoms with E-state index in [2.05, 4.69) is 25.8 Å². The Balaban J connectivity index is 1.47. The van der Waals surface area contributed by atoms with Crippen LogP contribution in [0.5, 0.6) is 0 Å². The normalized spacial score (nSPS) is 20.1. The highest BCUT2D eigenvalue weighted by molar-refractivity contribution is 5.90. The quantitative estimate of drug-likeness (QED) is 0.631. The van der Waals surface area contributed by atoms with Crippen molar-refractivity contribution in [2.45, 2.75) is 64.5 Å². The van der Waals surface area contributed by atoms with E-state index in [1.165, 1.54) is 6.08 Å². The number of alkyl carbamates (subject to hydrolysis) is 1. The smallest absolute Gasteiger partial charge is 0.407 e. The van der Waals surface area contributed by atoms with Crippen LogP contribution in [0.15, 0.2) is 28.6 Å². The fourth-order valence-corrected chi connectivity index (χ4v) is 3.43. The number of nitrogens with one attached hydrogen (secondary N) is 3. The van der Waals surface area contributed by atoms with Gasteiger partial charge in [-0.2, -0.15) is 5.10 Å². The first-order chi connectivity index (χ1) is 14.3. The Morgan fingerprint density at radius 1 is 1.47 bits per heavy atom. The second-order valence-electron chi connectivity index (χ2n) is 7.38. The monoisotopic (exact) mass is 419 g/mol. The van der Waals surface area contributed by atoms with Crippen LogP contribution >= 0.6 is 0 Å². The Hall–Kier alpha value is -3.17. The molecule has 0 unspecified atom stereocenters. The Labute approximate surface area is 173 Å². The molecule has 1 saturated carbocycles. The molecular formula is C20H26FN5O4. The van der Waals surface area contributed by atoms with Gasteiger partial charge in [0, 0.05) is 17.7 Å². The Morgan fingerprint density at radius 3 is 2.97 bits per heavy atom. The molecule has 9 nitrogen and oxygen atoms in total. The van der Waals surface area contributed by atoms with Gasteiger partial charge in [-0.1, -0.05) is 6.08 Å². The summed E-state index contributed by atoms with van der Waals surface area (Å²) >= 11 is 0. The number of hydrogen-bond acceptors (Lipinski definition) is 6. The lowest BCUT2D eigenvalue weighted by molar-refractivity contribution is -0.115. The molecule has 0 bridgehead atoms. The number of oxazole rings is 1. The molecule has 0 spiro atoms. The summed E-state index contributed by atoms with van der Waals surface area (Å²) in [6.07, 6.45) is 4.12. The van der Waals surface area contributed by atoms with Gasteiger partial charge in [0.15, 0.2) is 5.82 Å². The second-order valence-corrected chi connectivity index (χ2v) is 7.38. The number of nitrogens with zero attached hydrogens (tertiary/aromatic N) is 2. The molecule has 1 aliphatic carbocycles. The van der Waals surface area contributed by atoms with Gasteiger partial charge in [0.25, 0.3) is 0 Å². The molecule has 162 valence electrons. The summed E-state index contributed by atoms with van der Waals surface area (Å²) in [6.45, 7) is 4.88. The number of amides is 2. The van der Waals surface area contributed by atoms with Gasteiger partial charge in [-0.15, -0.1) is 0 Å². The van der Waals surface area contributed by atoms with Crippen LogP contribution in [0.25, 0.3) is 0 Å². The van der Waals surface area contributed by atoms with Gasteiger partial charge in [0.05, 0.1) is 12.2 Å². The summed E-state index contributed by atoms with van der Waals surface area (Å²) in [4.78, 5) is 28.0. The van der Waals surface area contributed by atoms with Crippen molar-refractivity contribution >= 4 is 17.8 Å². The molecule has 30 heavy (non-hydrogen) atoms. The van der Waals surface area contributed by atoms with E-state index in [1.54, 1.807) is 33.0 Å². The number of anilines is 1. The summed E-state index contributed by atoms with van der Waals surface area (Å²) < 4.78 is 24.1. The maximum absolute atomic E-state index is 13.4. The lowest BCUT2D eigenvalue weighted by Gasteiger charge is -2.16. The van der Waals surface area contributed by atoms with Gasteiger partial charge < -0.3 is 19.8 Å². The van der Waals surface area contributed by atoms with Crippen LogP contribution in [-0.4, -0.2) is 39.3 Å². The van der Waals surface area contributed by atoms with Crippen LogP contribution in [0.2, 0.25) is 0 Å². The number of aromatic nitrogens is 3. The molecule has 2 amide bonds. The van der Waals surface area contributed by atoms with Crippen LogP contribution in [0.3, 0.4) is 0 Å². The van der Waals surface area contributed by atoms with E-state index < -0.39 is 18.0 Å². The van der Waals surface area contributed by atoms with Crippen molar-refractivity contribution in [2.24, 2.45) is 0 Å². The first-order valence-electron chi connectivity index (χ1n) is 9.89. The minimum absolute atomic E-state index is 0.0245. The fourth-order valence-electron chi connectivity index (χ4n) is 3.43. The van der Waals surface area contributed by atoms with Crippen molar-refractivity contribution in [3.8, 4) is 0 Å². The Bertz CT molecular complexity index is 922. The van der Waals surface area contributed by atoms with E-state index in [9.17, 15) is 14.0 Å². The second kappa shape index (κ2) is 9.55. The van der Waals surface area contributed by atoms with Crippen LogP contribution in [0, 0.1) is 6.92 Å². The average Bonchev–Trinajstić information content (AvgIpc) is 3.42. The lowest BCUT2D eigenvalue weighted by atomic mass is 10.0. The van der Waals surface area contributed by atoms with Crippen molar-refractivity contribution in [3.05, 3.63) is 41.5 Å². The van der Waals surface area contributed by atoms with Crippen LogP contribution < -0.4 is 10.6 Å². The average molecular weight is 419 g/mol. The molecule has 1 aliphatic rings. The Kier molecular flexibility index (Phi) is 6.86. The first-order valence-corrected chi connectivity index (χ1v) is 9.89. The lowest BCUT2D eigenvalue weighted by Crippen LogP contribution is -2.35. The zero-order chi connectivity index (χ0) is 21.7. The highest BCUT2D eigenvalue weighted by atomic mass is 19.1. The molecular weight excluding hydrogens is 393 g/mol. The van der Waals surface area contributed by atoms with E-state index in [-0.39, 0.29) is 24.3 Å². The third-order valence-electron chi connectivity index (χ3n) is 4.97. The minimum atomic E-state index is -0.723. The highest BCUT2D eigenvalue weighted by Crippen LogP contribution is 2.35. The zero-order valence-electron chi connectivity index (χ0n) is 17.2. The maximum atomic E-state index is 13.4. The Morgan fingerprint density at radius 2 is 2.27 bits per heavy atom. The van der Waals surface area contributed by atoms with Gasteiger partial charge in [0.2, 0.25) is 11.8 Å². The first kappa shape index (κ1) is 21.5. The molecule has 3 N–H and O–H groups in total. The predicted octanol–water partition coefficient (Wildman–Crippen LogP) is 3.51. The van der Waals surface area contributed by atoms with Crippen LogP contribution in [0.1, 0.15) is 56.4 Å². The number of aromatic amines is 1. The SMILES string of the molecule is CC=C(F)[C@H](C)NC(=O)O[C@@H]1CC[C@H](c2cc(NC(=O)Cc3ncc(C)o3)n[nH]2)C1. The molecule has 0 radical (unpaired) electrons. The largest absolute Gasteiger partial charge is 0.446 e. The van der Waals surface area contributed by atoms with Gasteiger partial charge in [-0.3, -0.25) is 9.89 Å². The van der Waals surface area contributed by atoms with Crippen molar-refractivity contribution in [2.75, 3.05) is 5.32 Å². The van der Waals surface area contributed by atoms with Gasteiger partial charge >= 0.3 is 6.09 Å². The molecule has 1 fully saturated rings. The standard InChI is InChI=1S/C20H26FN5O4/c1-4-15(21)12(3)23-20(28)30-14-6-5-13(7-14)16-8-17(26-25-16)24-18(27)9-19-22-10-11(2)29-19/h4,8,10,12-14H,5-7,9H2,1-3H3,(H,23,28)(H2,24,25,26,27)/t12-,13-,14+/m0/s1. The number of rotatable bonds is 7. The number of carbonyl (C=O) groups excluding carboxylic acids is 2. The summed E-state index contributed by atoms with van der Waals surface area (Å²) in [6, 6.07) is 1.05. The summed E-state index contributed by atoms with van der Waals surface area (Å²) in [5.74, 6) is 0.838. The number of allylic oxidation sites excluding steroid dienone is 1. The molecule has 10 heteroatoms. The number of carbonyl (C=O) groups is 2. The summed E-state index contributed by atoms with van der Waals surface area (Å²) in [5.41, 5.74) is 0.858. The molecule has 0 aromatic carbocycles. The number of ether oxygens (including phenoxy) is 1. The predicted molar refractivity (Wildman–Crippen MR) is 106 cm³/mol. The van der Waals surface area contributed by atoms with Crippen molar-refractivity contribution < 1.29 is 23.1 Å². The molecule has 2 aromatic heterocycles. The maximum Gasteiger partial charge on any atom is 0.407 e. The number of H-pyrrole nitrogens is 1. The van der Waals surface area contributed by atoms with Crippen molar-refractivity contribution in [1.29, 1.82) is 0 Å². The molecule has 0 aliphatic heterocycles. The molecule has 2 heterocycles. The number of hydrogen-bond donors (Lipinski definition) is 3. The summed E-state index contributed by atoms with van der Waals surface area (Å²) in [5, 5.41) is 12.2. The van der Waals surface area contributed by atoms with E-state index in [0.717, 1.165) is 12.1 Å². The van der Waals surface area contributed by atoms with Gasteiger partial charge in [-0.05, 0) is 40.0 Å². The van der Waals surface area contributed by atoms with Gasteiger partial charge in [-0.25, -0.2) is 14.2 Å². The van der Waals surface area contributed by atoms with E-state index in [4.69, 9.17) is 9.15 Å². The van der Waals surface area contributed by atoms with Crippen LogP contribution in [0.4, 0.5) is 15.0 Å². The molecule has 3 atom stereocenters. The fraction of sp³-hybridized carbons (Fsp3) is 0.500. The molecule has 0 saturated heterocycles. The molecule has 3 rings (SSSR count).